The second-order valence-corrected chi connectivity index (χ2v) is 9.60. The maximum absolute atomic E-state index is 6.49. The molecule has 1 atom stereocenters. The highest BCUT2D eigenvalue weighted by Crippen LogP contribution is 2.36. The van der Waals surface area contributed by atoms with E-state index in [0.29, 0.717) is 42.4 Å². The van der Waals surface area contributed by atoms with Gasteiger partial charge >= 0.3 is 0 Å². The van der Waals surface area contributed by atoms with E-state index in [1.54, 1.807) is 23.1 Å². The first kappa shape index (κ1) is 23.4. The van der Waals surface area contributed by atoms with E-state index in [1.807, 2.05) is 33.2 Å². The molecule has 2 N–H and O–H groups in total. The number of aromatic nitrogens is 7. The van der Waals surface area contributed by atoms with Crippen molar-refractivity contribution in [2.24, 2.45) is 7.05 Å². The van der Waals surface area contributed by atoms with Crippen LogP contribution in [0, 0.1) is 6.92 Å². The molecule has 0 unspecified atom stereocenters. The van der Waals surface area contributed by atoms with Crippen LogP contribution in [0.2, 0.25) is 0 Å². The third kappa shape index (κ3) is 4.74. The molecule has 1 saturated heterocycles. The van der Waals surface area contributed by atoms with Crippen molar-refractivity contribution in [3.8, 4) is 34.1 Å². The number of hydrogen-bond acceptors (Lipinski definition) is 9. The number of aryl methyl sites for hydroxylation is 2. The molecule has 2 aliphatic heterocycles. The van der Waals surface area contributed by atoms with Gasteiger partial charge in [0.2, 0.25) is 5.88 Å². The van der Waals surface area contributed by atoms with Gasteiger partial charge in [-0.2, -0.15) is 10.2 Å². The van der Waals surface area contributed by atoms with Gasteiger partial charge in [-0.05, 0) is 45.8 Å². The van der Waals surface area contributed by atoms with E-state index in [1.165, 1.54) is 0 Å². The molecular formula is C26H31N9O2. The predicted molar refractivity (Wildman–Crippen MR) is 139 cm³/mol. The molecule has 4 aromatic heterocycles. The van der Waals surface area contributed by atoms with Crippen LogP contribution in [-0.2, 0) is 7.05 Å². The van der Waals surface area contributed by atoms with Crippen LogP contribution in [-0.4, -0.2) is 60.3 Å². The smallest absolute Gasteiger partial charge is 0.222 e. The van der Waals surface area contributed by atoms with Crippen LogP contribution >= 0.6 is 0 Å². The van der Waals surface area contributed by atoms with Crippen molar-refractivity contribution in [1.82, 2.24) is 39.8 Å². The predicted octanol–water partition coefficient (Wildman–Crippen LogP) is 3.66. The molecule has 192 valence electrons. The molecule has 1 fully saturated rings. The topological polar surface area (TPSA) is 117 Å². The van der Waals surface area contributed by atoms with Crippen LogP contribution < -0.4 is 20.1 Å². The summed E-state index contributed by atoms with van der Waals surface area (Å²) in [6.07, 6.45) is 10.1. The highest BCUT2D eigenvalue weighted by atomic mass is 16.5. The molecule has 0 aromatic carbocycles. The summed E-state index contributed by atoms with van der Waals surface area (Å²) in [5, 5.41) is 15.9. The number of nitrogens with zero attached hydrogens (tertiary/aromatic N) is 7. The Hall–Kier alpha value is -3.99. The number of piperidine rings is 1. The largest absolute Gasteiger partial charge is 0.490 e. The summed E-state index contributed by atoms with van der Waals surface area (Å²) in [6, 6.07) is 4.13. The Labute approximate surface area is 215 Å². The maximum Gasteiger partial charge on any atom is 0.222 e. The van der Waals surface area contributed by atoms with Crippen molar-refractivity contribution in [2.75, 3.05) is 25.0 Å². The molecule has 37 heavy (non-hydrogen) atoms. The molecular weight excluding hydrogens is 470 g/mol. The summed E-state index contributed by atoms with van der Waals surface area (Å²) in [5.41, 5.74) is 3.64. The fourth-order valence-electron chi connectivity index (χ4n) is 4.85. The van der Waals surface area contributed by atoms with Crippen molar-refractivity contribution >= 4 is 11.6 Å². The normalized spacial score (nSPS) is 18.2. The Morgan fingerprint density at radius 1 is 1.03 bits per heavy atom. The van der Waals surface area contributed by atoms with E-state index >= 15 is 0 Å². The highest BCUT2D eigenvalue weighted by Gasteiger charge is 2.22. The zero-order valence-corrected chi connectivity index (χ0v) is 21.3. The summed E-state index contributed by atoms with van der Waals surface area (Å²) < 4.78 is 16.4. The monoisotopic (exact) mass is 501 g/mol. The molecule has 11 heteroatoms. The zero-order valence-electron chi connectivity index (χ0n) is 21.3. The van der Waals surface area contributed by atoms with Crippen LogP contribution in [0.5, 0.6) is 11.6 Å². The molecule has 0 spiro atoms. The SMILES string of the molecule is Cc1nn(C2CCNCC2)cc1-c1cnc2cc1O[C@@H](C)CCOc1c(cnn1C)-c1nccc(n1)N2. The Morgan fingerprint density at radius 2 is 1.89 bits per heavy atom. The van der Waals surface area contributed by atoms with Gasteiger partial charge in [-0.1, -0.05) is 0 Å². The van der Waals surface area contributed by atoms with Gasteiger partial charge in [-0.25, -0.2) is 19.6 Å². The fraction of sp³-hybridized carbons (Fsp3) is 0.423. The van der Waals surface area contributed by atoms with Crippen molar-refractivity contribution in [3.63, 3.8) is 0 Å². The molecule has 11 nitrogen and oxygen atoms in total. The number of anilines is 2. The molecule has 6 rings (SSSR count). The van der Waals surface area contributed by atoms with Crippen molar-refractivity contribution < 1.29 is 9.47 Å². The summed E-state index contributed by atoms with van der Waals surface area (Å²) >= 11 is 0. The zero-order chi connectivity index (χ0) is 25.4. The first-order valence-corrected chi connectivity index (χ1v) is 12.7. The lowest BCUT2D eigenvalue weighted by molar-refractivity contribution is 0.173. The van der Waals surface area contributed by atoms with E-state index in [2.05, 4.69) is 36.6 Å². The second-order valence-electron chi connectivity index (χ2n) is 9.60. The molecule has 0 saturated carbocycles. The Bertz CT molecular complexity index is 1410. The fourth-order valence-corrected chi connectivity index (χ4v) is 4.85. The molecule has 4 aromatic rings. The lowest BCUT2D eigenvalue weighted by atomic mass is 10.1. The third-order valence-electron chi connectivity index (χ3n) is 6.88. The summed E-state index contributed by atoms with van der Waals surface area (Å²) in [4.78, 5) is 13.8. The Kier molecular flexibility index (Phi) is 6.21. The molecule has 0 aliphatic carbocycles. The quantitative estimate of drug-likeness (QED) is 0.424. The minimum absolute atomic E-state index is 0.0949. The van der Waals surface area contributed by atoms with Gasteiger partial charge in [0.25, 0.3) is 0 Å². The lowest BCUT2D eigenvalue weighted by Crippen LogP contribution is -2.29. The standard InChI is InChI=1S/C26H31N9O2/c1-16-7-11-36-26-20(14-30-34(26)3)25-28-10-6-23(32-25)31-24-12-22(37-16)19(13-29-24)21-15-35(33-17(21)2)18-4-8-27-9-5-18/h6,10,12-16,18,27H,4-5,7-9,11H2,1-3H3,(H,28,29,31,32)/t16-/m0/s1. The number of hydrogen-bond donors (Lipinski definition) is 2. The number of rotatable bonds is 2. The van der Waals surface area contributed by atoms with E-state index in [0.717, 1.165) is 54.1 Å². The Morgan fingerprint density at radius 3 is 2.76 bits per heavy atom. The molecule has 4 bridgehead atoms. The van der Waals surface area contributed by atoms with Crippen molar-refractivity contribution in [3.05, 3.63) is 42.6 Å². The molecule has 0 radical (unpaired) electrons. The van der Waals surface area contributed by atoms with Crippen molar-refractivity contribution in [1.29, 1.82) is 0 Å². The van der Waals surface area contributed by atoms with Crippen LogP contribution in [0.25, 0.3) is 22.5 Å². The van der Waals surface area contributed by atoms with Gasteiger partial charge < -0.3 is 20.1 Å². The van der Waals surface area contributed by atoms with Crippen LogP contribution in [0.3, 0.4) is 0 Å². The average Bonchev–Trinajstić information content (AvgIpc) is 3.47. The van der Waals surface area contributed by atoms with Crippen LogP contribution in [0.4, 0.5) is 11.6 Å². The van der Waals surface area contributed by atoms with Crippen LogP contribution in [0.1, 0.15) is 37.9 Å². The number of ether oxygens (including phenoxy) is 2. The molecule has 2 aliphatic rings. The van der Waals surface area contributed by atoms with Gasteiger partial charge in [0, 0.05) is 49.3 Å². The van der Waals surface area contributed by atoms with Crippen LogP contribution in [0.15, 0.2) is 36.9 Å². The highest BCUT2D eigenvalue weighted by molar-refractivity contribution is 5.73. The minimum atomic E-state index is -0.0949. The second kappa shape index (κ2) is 9.81. The summed E-state index contributed by atoms with van der Waals surface area (Å²) in [6.45, 7) is 6.58. The summed E-state index contributed by atoms with van der Waals surface area (Å²) in [5.74, 6) is 3.15. The summed E-state index contributed by atoms with van der Waals surface area (Å²) in [7, 11) is 1.84. The number of pyridine rings is 1. The van der Waals surface area contributed by atoms with Gasteiger partial charge in [-0.3, -0.25) is 4.68 Å². The van der Waals surface area contributed by atoms with E-state index < -0.39 is 0 Å². The van der Waals surface area contributed by atoms with Gasteiger partial charge in [-0.15, -0.1) is 0 Å². The van der Waals surface area contributed by atoms with Gasteiger partial charge in [0.1, 0.15) is 22.9 Å². The lowest BCUT2D eigenvalue weighted by Gasteiger charge is -2.22. The first-order valence-electron chi connectivity index (χ1n) is 12.7. The molecule has 6 heterocycles. The van der Waals surface area contributed by atoms with Gasteiger partial charge in [0.05, 0.1) is 30.6 Å². The molecule has 0 amide bonds. The number of nitrogens with one attached hydrogen (secondary N) is 2. The number of fused-ring (bicyclic) bond motifs is 6. The Balaban J connectivity index is 1.37. The maximum atomic E-state index is 6.49. The van der Waals surface area contributed by atoms with Crippen molar-refractivity contribution in [2.45, 2.75) is 45.3 Å². The van der Waals surface area contributed by atoms with E-state index in [9.17, 15) is 0 Å². The van der Waals surface area contributed by atoms with E-state index in [-0.39, 0.29) is 6.10 Å². The average molecular weight is 502 g/mol. The third-order valence-corrected chi connectivity index (χ3v) is 6.88. The minimum Gasteiger partial charge on any atom is -0.490 e. The van der Waals surface area contributed by atoms with Gasteiger partial charge in [0.15, 0.2) is 5.82 Å². The first-order chi connectivity index (χ1) is 18.0. The van der Waals surface area contributed by atoms with E-state index in [4.69, 9.17) is 19.6 Å².